The highest BCUT2D eigenvalue weighted by Gasteiger charge is 2.22. The van der Waals surface area contributed by atoms with E-state index in [9.17, 15) is 9.18 Å². The first-order valence-electron chi connectivity index (χ1n) is 7.46. The fourth-order valence-electron chi connectivity index (χ4n) is 2.48. The molecule has 0 saturated heterocycles. The van der Waals surface area contributed by atoms with Crippen molar-refractivity contribution in [1.82, 2.24) is 25.0 Å². The highest BCUT2D eigenvalue weighted by molar-refractivity contribution is 5.83. The SMILES string of the molecule is Cc1nc(C)n(CCNC(=O)[C@H](c2ccc(F)cc2)N(C)C)n1. The van der Waals surface area contributed by atoms with E-state index in [1.165, 1.54) is 12.1 Å². The number of carbonyl (C=O) groups excluding carboxylic acids is 1. The summed E-state index contributed by atoms with van der Waals surface area (Å²) in [5.74, 6) is 1.09. The molecule has 0 aliphatic heterocycles. The smallest absolute Gasteiger partial charge is 0.242 e. The molecule has 2 aromatic rings. The quantitative estimate of drug-likeness (QED) is 0.875. The van der Waals surface area contributed by atoms with Gasteiger partial charge in [-0.15, -0.1) is 0 Å². The van der Waals surface area contributed by atoms with E-state index in [0.717, 1.165) is 11.4 Å². The predicted molar refractivity (Wildman–Crippen MR) is 85.3 cm³/mol. The fourth-order valence-corrected chi connectivity index (χ4v) is 2.48. The van der Waals surface area contributed by atoms with Crippen LogP contribution in [0.15, 0.2) is 24.3 Å². The van der Waals surface area contributed by atoms with Crippen molar-refractivity contribution < 1.29 is 9.18 Å². The molecule has 124 valence electrons. The molecule has 0 aliphatic rings. The van der Waals surface area contributed by atoms with Gasteiger partial charge in [0.15, 0.2) is 0 Å². The van der Waals surface area contributed by atoms with Gasteiger partial charge in [-0.05, 0) is 45.6 Å². The third-order valence-electron chi connectivity index (χ3n) is 3.54. The molecule has 1 aromatic heterocycles. The number of aromatic nitrogens is 3. The van der Waals surface area contributed by atoms with Crippen molar-refractivity contribution >= 4 is 5.91 Å². The number of amides is 1. The number of nitrogens with one attached hydrogen (secondary N) is 1. The molecule has 1 amide bonds. The fraction of sp³-hybridized carbons (Fsp3) is 0.438. The Kier molecular flexibility index (Phi) is 5.44. The lowest BCUT2D eigenvalue weighted by molar-refractivity contribution is -0.125. The Labute approximate surface area is 135 Å². The summed E-state index contributed by atoms with van der Waals surface area (Å²) in [6.07, 6.45) is 0. The van der Waals surface area contributed by atoms with Gasteiger partial charge in [-0.1, -0.05) is 12.1 Å². The molecule has 0 unspecified atom stereocenters. The minimum absolute atomic E-state index is 0.129. The van der Waals surface area contributed by atoms with Crippen LogP contribution in [0.5, 0.6) is 0 Å². The molecule has 23 heavy (non-hydrogen) atoms. The van der Waals surface area contributed by atoms with Gasteiger partial charge in [-0.2, -0.15) is 5.10 Å². The third-order valence-corrected chi connectivity index (χ3v) is 3.54. The first kappa shape index (κ1) is 17.1. The topological polar surface area (TPSA) is 63.1 Å². The van der Waals surface area contributed by atoms with Gasteiger partial charge in [0.05, 0.1) is 6.54 Å². The van der Waals surface area contributed by atoms with Crippen molar-refractivity contribution in [3.63, 3.8) is 0 Å². The Morgan fingerprint density at radius 2 is 1.96 bits per heavy atom. The van der Waals surface area contributed by atoms with Crippen molar-refractivity contribution in [2.75, 3.05) is 20.6 Å². The van der Waals surface area contributed by atoms with Crippen molar-refractivity contribution in [2.45, 2.75) is 26.4 Å². The molecule has 0 aliphatic carbocycles. The van der Waals surface area contributed by atoms with Crippen LogP contribution in [0.25, 0.3) is 0 Å². The van der Waals surface area contributed by atoms with E-state index in [1.54, 1.807) is 21.7 Å². The van der Waals surface area contributed by atoms with Crippen LogP contribution in [0.1, 0.15) is 23.3 Å². The zero-order valence-corrected chi connectivity index (χ0v) is 13.9. The maximum absolute atomic E-state index is 13.1. The summed E-state index contributed by atoms with van der Waals surface area (Å²) in [6.45, 7) is 4.72. The van der Waals surface area contributed by atoms with Crippen molar-refractivity contribution in [1.29, 1.82) is 0 Å². The standard InChI is InChI=1S/C16H22FN5O/c1-11-19-12(2)22(20-11)10-9-18-16(23)15(21(3)4)13-5-7-14(17)8-6-13/h5-8,15H,9-10H2,1-4H3,(H,18,23)/t15-/m0/s1. The molecular formula is C16H22FN5O. The summed E-state index contributed by atoms with van der Waals surface area (Å²) >= 11 is 0. The summed E-state index contributed by atoms with van der Waals surface area (Å²) in [5, 5.41) is 7.16. The predicted octanol–water partition coefficient (Wildman–Crippen LogP) is 1.45. The second kappa shape index (κ2) is 7.32. The molecule has 0 spiro atoms. The van der Waals surface area contributed by atoms with Crippen LogP contribution in [0.4, 0.5) is 4.39 Å². The highest BCUT2D eigenvalue weighted by Crippen LogP contribution is 2.18. The Morgan fingerprint density at radius 3 is 2.48 bits per heavy atom. The van der Waals surface area contributed by atoms with Gasteiger partial charge in [-0.25, -0.2) is 14.1 Å². The summed E-state index contributed by atoms with van der Waals surface area (Å²) in [4.78, 5) is 18.5. The normalized spacial score (nSPS) is 12.4. The molecule has 0 radical (unpaired) electrons. The van der Waals surface area contributed by atoms with Crippen LogP contribution in [0.2, 0.25) is 0 Å². The number of carbonyl (C=O) groups is 1. The number of hydrogen-bond donors (Lipinski definition) is 1. The van der Waals surface area contributed by atoms with Crippen LogP contribution < -0.4 is 5.32 Å². The molecule has 1 heterocycles. The number of hydrogen-bond acceptors (Lipinski definition) is 4. The Morgan fingerprint density at radius 1 is 1.30 bits per heavy atom. The van der Waals surface area contributed by atoms with Gasteiger partial charge in [0.2, 0.25) is 5.91 Å². The van der Waals surface area contributed by atoms with Crippen molar-refractivity contribution in [3.05, 3.63) is 47.3 Å². The molecule has 6 nitrogen and oxygen atoms in total. The monoisotopic (exact) mass is 319 g/mol. The number of likely N-dealkylation sites (N-methyl/N-ethyl adjacent to an activating group) is 1. The molecule has 0 bridgehead atoms. The average molecular weight is 319 g/mol. The van der Waals surface area contributed by atoms with E-state index >= 15 is 0 Å². The summed E-state index contributed by atoms with van der Waals surface area (Å²) < 4.78 is 14.8. The number of nitrogens with zero attached hydrogens (tertiary/aromatic N) is 4. The Hall–Kier alpha value is -2.28. The molecule has 7 heteroatoms. The van der Waals surface area contributed by atoms with Gasteiger partial charge < -0.3 is 5.32 Å². The minimum atomic E-state index is -0.464. The number of rotatable bonds is 6. The first-order chi connectivity index (χ1) is 10.9. The van der Waals surface area contributed by atoms with E-state index in [-0.39, 0.29) is 11.7 Å². The molecule has 0 saturated carbocycles. The number of halogens is 1. The lowest BCUT2D eigenvalue weighted by atomic mass is 10.1. The third kappa shape index (κ3) is 4.35. The minimum Gasteiger partial charge on any atom is -0.353 e. The number of aryl methyl sites for hydroxylation is 2. The van der Waals surface area contributed by atoms with Crippen LogP contribution in [0, 0.1) is 19.7 Å². The van der Waals surface area contributed by atoms with E-state index in [1.807, 2.05) is 27.9 Å². The van der Waals surface area contributed by atoms with Gasteiger partial charge in [-0.3, -0.25) is 9.69 Å². The summed E-state index contributed by atoms with van der Waals surface area (Å²) in [7, 11) is 3.64. The first-order valence-corrected chi connectivity index (χ1v) is 7.46. The second-order valence-electron chi connectivity index (χ2n) is 5.64. The van der Waals surface area contributed by atoms with Crippen molar-refractivity contribution in [3.8, 4) is 0 Å². The maximum Gasteiger partial charge on any atom is 0.242 e. The van der Waals surface area contributed by atoms with E-state index < -0.39 is 6.04 Å². The molecule has 1 N–H and O–H groups in total. The Bertz CT molecular complexity index is 666. The molecule has 0 fully saturated rings. The number of benzene rings is 1. The molecule has 1 atom stereocenters. The molecule has 1 aromatic carbocycles. The lowest BCUT2D eigenvalue weighted by Crippen LogP contribution is -2.38. The molecular weight excluding hydrogens is 297 g/mol. The van der Waals surface area contributed by atoms with Crippen molar-refractivity contribution in [2.24, 2.45) is 0 Å². The van der Waals surface area contributed by atoms with Gasteiger partial charge >= 0.3 is 0 Å². The van der Waals surface area contributed by atoms with E-state index in [2.05, 4.69) is 15.4 Å². The Balaban J connectivity index is 1.98. The average Bonchev–Trinajstić information content (AvgIpc) is 2.79. The highest BCUT2D eigenvalue weighted by atomic mass is 19.1. The summed E-state index contributed by atoms with van der Waals surface area (Å²) in [6, 6.07) is 5.52. The lowest BCUT2D eigenvalue weighted by Gasteiger charge is -2.23. The van der Waals surface area contributed by atoms with E-state index in [0.29, 0.717) is 18.9 Å². The van der Waals surface area contributed by atoms with Crippen LogP contribution >= 0.6 is 0 Å². The zero-order chi connectivity index (χ0) is 17.0. The zero-order valence-electron chi connectivity index (χ0n) is 13.9. The second-order valence-corrected chi connectivity index (χ2v) is 5.64. The van der Waals surface area contributed by atoms with Crippen LogP contribution in [0.3, 0.4) is 0 Å². The van der Waals surface area contributed by atoms with Crippen LogP contribution in [-0.2, 0) is 11.3 Å². The van der Waals surface area contributed by atoms with Gasteiger partial charge in [0.25, 0.3) is 0 Å². The van der Waals surface area contributed by atoms with Gasteiger partial charge in [0, 0.05) is 6.54 Å². The summed E-state index contributed by atoms with van der Waals surface area (Å²) in [5.41, 5.74) is 0.752. The van der Waals surface area contributed by atoms with E-state index in [4.69, 9.17) is 0 Å². The maximum atomic E-state index is 13.1. The largest absolute Gasteiger partial charge is 0.353 e. The van der Waals surface area contributed by atoms with Gasteiger partial charge in [0.1, 0.15) is 23.5 Å². The van der Waals surface area contributed by atoms with Crippen LogP contribution in [-0.4, -0.2) is 46.2 Å². The molecule has 2 rings (SSSR count).